The fourth-order valence-corrected chi connectivity index (χ4v) is 3.53. The van der Waals surface area contributed by atoms with E-state index in [1.165, 1.54) is 0 Å². The molecule has 0 heterocycles. The SMILES string of the molecule is CCCC1CC1NS(=O)(=O)c1ccc(C#CCO)cc1. The highest BCUT2D eigenvalue weighted by atomic mass is 32.2. The van der Waals surface area contributed by atoms with Crippen LogP contribution in [0, 0.1) is 17.8 Å². The van der Waals surface area contributed by atoms with Crippen LogP contribution in [0.4, 0.5) is 0 Å². The van der Waals surface area contributed by atoms with Crippen LogP contribution in [0.5, 0.6) is 0 Å². The van der Waals surface area contributed by atoms with Crippen molar-refractivity contribution in [3.63, 3.8) is 0 Å². The molecule has 1 fully saturated rings. The number of benzene rings is 1. The Morgan fingerprint density at radius 1 is 1.35 bits per heavy atom. The first kappa shape index (κ1) is 15.0. The minimum absolute atomic E-state index is 0.0915. The van der Waals surface area contributed by atoms with E-state index in [-0.39, 0.29) is 17.5 Å². The van der Waals surface area contributed by atoms with Crippen molar-refractivity contribution in [3.8, 4) is 11.8 Å². The molecule has 0 saturated heterocycles. The minimum atomic E-state index is -3.43. The second-order valence-corrected chi connectivity index (χ2v) is 6.71. The van der Waals surface area contributed by atoms with Crippen molar-refractivity contribution in [3.05, 3.63) is 29.8 Å². The van der Waals surface area contributed by atoms with Crippen LogP contribution >= 0.6 is 0 Å². The van der Waals surface area contributed by atoms with Crippen molar-refractivity contribution in [1.82, 2.24) is 4.72 Å². The Morgan fingerprint density at radius 2 is 2.05 bits per heavy atom. The van der Waals surface area contributed by atoms with E-state index in [4.69, 9.17) is 5.11 Å². The molecule has 1 aromatic rings. The van der Waals surface area contributed by atoms with Gasteiger partial charge in [-0.15, -0.1) is 0 Å². The monoisotopic (exact) mass is 293 g/mol. The summed E-state index contributed by atoms with van der Waals surface area (Å²) in [7, 11) is -3.43. The summed E-state index contributed by atoms with van der Waals surface area (Å²) in [6.45, 7) is 1.90. The normalized spacial score (nSPS) is 21.1. The standard InChI is InChI=1S/C15H19NO3S/c1-2-4-13-11-15(13)16-20(18,19)14-8-6-12(7-9-14)5-3-10-17/h6-9,13,15-17H,2,4,10-11H2,1H3. The van der Waals surface area contributed by atoms with Crippen LogP contribution < -0.4 is 4.72 Å². The van der Waals surface area contributed by atoms with E-state index in [1.807, 2.05) is 0 Å². The van der Waals surface area contributed by atoms with Crippen LogP contribution in [0.3, 0.4) is 0 Å². The largest absolute Gasteiger partial charge is 0.384 e. The zero-order valence-electron chi connectivity index (χ0n) is 11.5. The van der Waals surface area contributed by atoms with Crippen molar-refractivity contribution >= 4 is 10.0 Å². The molecule has 0 aliphatic heterocycles. The van der Waals surface area contributed by atoms with Gasteiger partial charge in [-0.1, -0.05) is 25.2 Å². The molecule has 2 rings (SSSR count). The topological polar surface area (TPSA) is 66.4 Å². The lowest BCUT2D eigenvalue weighted by Gasteiger charge is -2.06. The maximum Gasteiger partial charge on any atom is 0.240 e. The Morgan fingerprint density at radius 3 is 2.65 bits per heavy atom. The summed E-state index contributed by atoms with van der Waals surface area (Å²) in [6.07, 6.45) is 3.09. The molecule has 0 bridgehead atoms. The van der Waals surface area contributed by atoms with Crippen molar-refractivity contribution in [2.75, 3.05) is 6.61 Å². The van der Waals surface area contributed by atoms with Crippen LogP contribution in [-0.2, 0) is 10.0 Å². The third-order valence-electron chi connectivity index (χ3n) is 3.36. The van der Waals surface area contributed by atoms with Gasteiger partial charge in [-0.3, -0.25) is 0 Å². The molecule has 0 radical (unpaired) electrons. The van der Waals surface area contributed by atoms with Gasteiger partial charge in [0.15, 0.2) is 0 Å². The second-order valence-electron chi connectivity index (χ2n) is 5.00. The number of sulfonamides is 1. The van der Waals surface area contributed by atoms with Gasteiger partial charge in [-0.2, -0.15) is 0 Å². The summed E-state index contributed by atoms with van der Waals surface area (Å²) in [5.74, 6) is 5.75. The molecule has 108 valence electrons. The molecule has 5 heteroatoms. The maximum atomic E-state index is 12.2. The number of aliphatic hydroxyl groups is 1. The molecule has 20 heavy (non-hydrogen) atoms. The number of hydrogen-bond acceptors (Lipinski definition) is 3. The van der Waals surface area contributed by atoms with Gasteiger partial charge < -0.3 is 5.11 Å². The summed E-state index contributed by atoms with van der Waals surface area (Å²) >= 11 is 0. The van der Waals surface area contributed by atoms with E-state index in [0.717, 1.165) is 19.3 Å². The Labute approximate surface area is 120 Å². The predicted molar refractivity (Wildman–Crippen MR) is 77.5 cm³/mol. The average Bonchev–Trinajstić information content (AvgIpc) is 3.14. The van der Waals surface area contributed by atoms with Crippen LogP contribution in [0.1, 0.15) is 31.7 Å². The van der Waals surface area contributed by atoms with Crippen molar-refractivity contribution < 1.29 is 13.5 Å². The molecule has 4 nitrogen and oxygen atoms in total. The molecule has 2 N–H and O–H groups in total. The molecule has 1 aliphatic rings. The predicted octanol–water partition coefficient (Wildman–Crippen LogP) is 1.50. The van der Waals surface area contributed by atoms with Gasteiger partial charge in [-0.05, 0) is 43.0 Å². The molecule has 1 aliphatic carbocycles. The lowest BCUT2D eigenvalue weighted by Crippen LogP contribution is -2.27. The van der Waals surface area contributed by atoms with E-state index in [0.29, 0.717) is 11.5 Å². The molecule has 1 aromatic carbocycles. The van der Waals surface area contributed by atoms with E-state index >= 15 is 0 Å². The average molecular weight is 293 g/mol. The molecule has 1 saturated carbocycles. The van der Waals surface area contributed by atoms with E-state index in [1.54, 1.807) is 24.3 Å². The highest BCUT2D eigenvalue weighted by molar-refractivity contribution is 7.89. The van der Waals surface area contributed by atoms with Gasteiger partial charge in [0.2, 0.25) is 10.0 Å². The maximum absolute atomic E-state index is 12.2. The summed E-state index contributed by atoms with van der Waals surface area (Å²) < 4.78 is 27.1. The lowest BCUT2D eigenvalue weighted by molar-refractivity contribution is 0.350. The third kappa shape index (κ3) is 3.83. The van der Waals surface area contributed by atoms with E-state index in [9.17, 15) is 8.42 Å². The van der Waals surface area contributed by atoms with Gasteiger partial charge in [0.25, 0.3) is 0 Å². The first-order valence-corrected chi connectivity index (χ1v) is 8.27. The van der Waals surface area contributed by atoms with Crippen LogP contribution in [0.25, 0.3) is 0 Å². The van der Waals surface area contributed by atoms with E-state index < -0.39 is 10.0 Å². The number of nitrogens with one attached hydrogen (secondary N) is 1. The van der Waals surface area contributed by atoms with Gasteiger partial charge in [-0.25, -0.2) is 13.1 Å². The third-order valence-corrected chi connectivity index (χ3v) is 4.87. The quantitative estimate of drug-likeness (QED) is 0.809. The highest BCUT2D eigenvalue weighted by Crippen LogP contribution is 2.35. The molecule has 2 atom stereocenters. The summed E-state index contributed by atoms with van der Waals surface area (Å²) in [4.78, 5) is 0.259. The molecular formula is C15H19NO3S. The molecular weight excluding hydrogens is 274 g/mol. The van der Waals surface area contributed by atoms with Gasteiger partial charge in [0, 0.05) is 11.6 Å². The van der Waals surface area contributed by atoms with Crippen molar-refractivity contribution in [2.24, 2.45) is 5.92 Å². The van der Waals surface area contributed by atoms with Crippen LogP contribution in [-0.4, -0.2) is 26.2 Å². The van der Waals surface area contributed by atoms with Gasteiger partial charge in [0.05, 0.1) is 4.90 Å². The number of hydrogen-bond donors (Lipinski definition) is 2. The summed E-state index contributed by atoms with van der Waals surface area (Å²) in [5.41, 5.74) is 0.688. The first-order valence-electron chi connectivity index (χ1n) is 6.79. The highest BCUT2D eigenvalue weighted by Gasteiger charge is 2.39. The molecule has 0 aromatic heterocycles. The molecule has 0 spiro atoms. The zero-order valence-corrected chi connectivity index (χ0v) is 12.3. The molecule has 0 amide bonds. The van der Waals surface area contributed by atoms with Gasteiger partial charge >= 0.3 is 0 Å². The van der Waals surface area contributed by atoms with E-state index in [2.05, 4.69) is 23.5 Å². The minimum Gasteiger partial charge on any atom is -0.384 e. The first-order chi connectivity index (χ1) is 9.56. The van der Waals surface area contributed by atoms with Crippen LogP contribution in [0.2, 0.25) is 0 Å². The fraction of sp³-hybridized carbons (Fsp3) is 0.467. The summed E-state index contributed by atoms with van der Waals surface area (Å²) in [5, 5.41) is 8.61. The Hall–Kier alpha value is -1.35. The Balaban J connectivity index is 2.03. The Bertz CT molecular complexity index is 611. The zero-order chi connectivity index (χ0) is 14.6. The smallest absolute Gasteiger partial charge is 0.240 e. The Kier molecular flexibility index (Phi) is 4.81. The van der Waals surface area contributed by atoms with Crippen molar-refractivity contribution in [1.29, 1.82) is 0 Å². The summed E-state index contributed by atoms with van der Waals surface area (Å²) in [6, 6.07) is 6.47. The second kappa shape index (κ2) is 6.40. The number of rotatable bonds is 5. The molecule has 2 unspecified atom stereocenters. The lowest BCUT2D eigenvalue weighted by atomic mass is 10.2. The van der Waals surface area contributed by atoms with Crippen molar-refractivity contribution in [2.45, 2.75) is 37.1 Å². The fourth-order valence-electron chi connectivity index (χ4n) is 2.21. The number of aliphatic hydroxyl groups excluding tert-OH is 1. The van der Waals surface area contributed by atoms with Gasteiger partial charge in [0.1, 0.15) is 6.61 Å². The van der Waals surface area contributed by atoms with Crippen LogP contribution in [0.15, 0.2) is 29.2 Å².